The zero-order chi connectivity index (χ0) is 19.4. The fourth-order valence-electron chi connectivity index (χ4n) is 2.73. The lowest BCUT2D eigenvalue weighted by Crippen LogP contribution is -2.30. The van der Waals surface area contributed by atoms with Gasteiger partial charge in [-0.15, -0.1) is 10.2 Å². The number of carbonyl (C=O) groups excluding carboxylic acids is 1. The largest absolute Gasteiger partial charge is 0.469 e. The summed E-state index contributed by atoms with van der Waals surface area (Å²) in [4.78, 5) is 12.5. The summed E-state index contributed by atoms with van der Waals surface area (Å²) in [5.41, 5.74) is 3.21. The van der Waals surface area contributed by atoms with Crippen LogP contribution in [0.1, 0.15) is 30.7 Å². The van der Waals surface area contributed by atoms with E-state index in [0.29, 0.717) is 13.1 Å². The molecule has 0 aliphatic carbocycles. The van der Waals surface area contributed by atoms with Crippen LogP contribution in [-0.2, 0) is 17.9 Å². The summed E-state index contributed by atoms with van der Waals surface area (Å²) in [6, 6.07) is 10.0. The summed E-state index contributed by atoms with van der Waals surface area (Å²) in [5.74, 6) is 1.54. The standard InChI is InChI=1S/C20H24N4O2S/c1-5-24-18(17-10-11-26-14(17)3)22-23-20(24)27-15(4)19(25)21-12-16-8-6-13(2)7-9-16/h6-11,15H,5,12H2,1-4H3,(H,21,25)/t15-/m1/s1. The molecule has 6 nitrogen and oxygen atoms in total. The van der Waals surface area contributed by atoms with Crippen molar-refractivity contribution in [3.63, 3.8) is 0 Å². The predicted molar refractivity (Wildman–Crippen MR) is 106 cm³/mol. The van der Waals surface area contributed by atoms with E-state index in [1.807, 2.05) is 62.6 Å². The molecule has 142 valence electrons. The number of amides is 1. The molecule has 3 aromatic rings. The van der Waals surface area contributed by atoms with Crippen molar-refractivity contribution in [2.24, 2.45) is 0 Å². The number of thioether (sulfide) groups is 1. The third kappa shape index (κ3) is 4.42. The van der Waals surface area contributed by atoms with Crippen molar-refractivity contribution < 1.29 is 9.21 Å². The minimum atomic E-state index is -0.275. The van der Waals surface area contributed by atoms with Crippen LogP contribution in [0.2, 0.25) is 0 Å². The van der Waals surface area contributed by atoms with Gasteiger partial charge in [0.2, 0.25) is 5.91 Å². The smallest absolute Gasteiger partial charge is 0.233 e. The van der Waals surface area contributed by atoms with Crippen molar-refractivity contribution in [3.05, 3.63) is 53.5 Å². The number of carbonyl (C=O) groups is 1. The Kier molecular flexibility index (Phi) is 6.01. The van der Waals surface area contributed by atoms with Gasteiger partial charge in [-0.2, -0.15) is 0 Å². The molecule has 0 spiro atoms. The lowest BCUT2D eigenvalue weighted by Gasteiger charge is -2.13. The third-order valence-electron chi connectivity index (χ3n) is 4.37. The van der Waals surface area contributed by atoms with Crippen molar-refractivity contribution in [1.29, 1.82) is 0 Å². The van der Waals surface area contributed by atoms with E-state index in [4.69, 9.17) is 4.42 Å². The Morgan fingerprint density at radius 3 is 2.59 bits per heavy atom. The van der Waals surface area contributed by atoms with Gasteiger partial charge in [0, 0.05) is 13.1 Å². The summed E-state index contributed by atoms with van der Waals surface area (Å²) in [5, 5.41) is 12.0. The minimum absolute atomic E-state index is 0.0210. The summed E-state index contributed by atoms with van der Waals surface area (Å²) in [6.45, 7) is 9.10. The summed E-state index contributed by atoms with van der Waals surface area (Å²) >= 11 is 1.41. The quantitative estimate of drug-likeness (QED) is 0.624. The highest BCUT2D eigenvalue weighted by Crippen LogP contribution is 2.28. The second-order valence-corrected chi connectivity index (χ2v) is 7.71. The van der Waals surface area contributed by atoms with E-state index in [-0.39, 0.29) is 11.2 Å². The van der Waals surface area contributed by atoms with E-state index in [1.165, 1.54) is 17.3 Å². The zero-order valence-corrected chi connectivity index (χ0v) is 16.8. The molecule has 1 amide bonds. The Morgan fingerprint density at radius 1 is 1.22 bits per heavy atom. The van der Waals surface area contributed by atoms with Crippen molar-refractivity contribution in [3.8, 4) is 11.4 Å². The lowest BCUT2D eigenvalue weighted by molar-refractivity contribution is -0.120. The molecule has 27 heavy (non-hydrogen) atoms. The average Bonchev–Trinajstić information content (AvgIpc) is 3.26. The first kappa shape index (κ1) is 19.2. The van der Waals surface area contributed by atoms with Gasteiger partial charge in [-0.25, -0.2) is 0 Å². The summed E-state index contributed by atoms with van der Waals surface area (Å²) < 4.78 is 7.38. The highest BCUT2D eigenvalue weighted by atomic mass is 32.2. The Labute approximate surface area is 163 Å². The normalized spacial score (nSPS) is 12.1. The molecule has 0 saturated carbocycles. The van der Waals surface area contributed by atoms with E-state index in [2.05, 4.69) is 15.5 Å². The molecule has 2 aromatic heterocycles. The van der Waals surface area contributed by atoms with Crippen LogP contribution in [-0.4, -0.2) is 25.9 Å². The Morgan fingerprint density at radius 2 is 1.96 bits per heavy atom. The average molecular weight is 385 g/mol. The second-order valence-electron chi connectivity index (χ2n) is 6.40. The highest BCUT2D eigenvalue weighted by molar-refractivity contribution is 8.00. The van der Waals surface area contributed by atoms with Gasteiger partial charge in [0.1, 0.15) is 5.76 Å². The van der Waals surface area contributed by atoms with Crippen LogP contribution in [0.4, 0.5) is 0 Å². The van der Waals surface area contributed by atoms with Crippen molar-refractivity contribution in [1.82, 2.24) is 20.1 Å². The number of rotatable bonds is 7. The molecule has 7 heteroatoms. The number of hydrogen-bond acceptors (Lipinski definition) is 5. The fraction of sp³-hybridized carbons (Fsp3) is 0.350. The van der Waals surface area contributed by atoms with Gasteiger partial charge >= 0.3 is 0 Å². The second kappa shape index (κ2) is 8.43. The Balaban J connectivity index is 1.65. The number of nitrogens with zero attached hydrogens (tertiary/aromatic N) is 3. The monoisotopic (exact) mass is 384 g/mol. The van der Waals surface area contributed by atoms with Gasteiger partial charge in [-0.3, -0.25) is 4.79 Å². The number of hydrogen-bond donors (Lipinski definition) is 1. The predicted octanol–water partition coefficient (Wildman–Crippen LogP) is 3.97. The molecule has 0 unspecified atom stereocenters. The SMILES string of the molecule is CCn1c(S[C@H](C)C(=O)NCc2ccc(C)cc2)nnc1-c1ccoc1C. The van der Waals surface area contributed by atoms with E-state index < -0.39 is 0 Å². The maximum Gasteiger partial charge on any atom is 0.233 e. The summed E-state index contributed by atoms with van der Waals surface area (Å²) in [6.07, 6.45) is 1.65. The Bertz CT molecular complexity index is 914. The molecule has 1 N–H and O–H groups in total. The maximum atomic E-state index is 12.5. The van der Waals surface area contributed by atoms with Crippen molar-refractivity contribution >= 4 is 17.7 Å². The first-order chi connectivity index (χ1) is 13.0. The maximum absolute atomic E-state index is 12.5. The number of nitrogens with one attached hydrogen (secondary N) is 1. The van der Waals surface area contributed by atoms with Gasteiger partial charge in [0.25, 0.3) is 0 Å². The first-order valence-electron chi connectivity index (χ1n) is 8.97. The topological polar surface area (TPSA) is 73.0 Å². The number of furan rings is 1. The molecule has 0 bridgehead atoms. The molecule has 0 aliphatic rings. The fourth-order valence-corrected chi connectivity index (χ4v) is 3.66. The van der Waals surface area contributed by atoms with E-state index in [0.717, 1.165) is 27.9 Å². The van der Waals surface area contributed by atoms with Crippen LogP contribution in [0.3, 0.4) is 0 Å². The zero-order valence-electron chi connectivity index (χ0n) is 16.0. The van der Waals surface area contributed by atoms with Crippen molar-refractivity contribution in [2.75, 3.05) is 0 Å². The third-order valence-corrected chi connectivity index (χ3v) is 5.45. The van der Waals surface area contributed by atoms with Crippen molar-refractivity contribution in [2.45, 2.75) is 51.2 Å². The molecular weight excluding hydrogens is 360 g/mol. The van der Waals surface area contributed by atoms with Crippen LogP contribution < -0.4 is 5.32 Å². The van der Waals surface area contributed by atoms with Crippen LogP contribution in [0.5, 0.6) is 0 Å². The van der Waals surface area contributed by atoms with E-state index in [1.54, 1.807) is 6.26 Å². The van der Waals surface area contributed by atoms with Gasteiger partial charge in [-0.05, 0) is 39.3 Å². The van der Waals surface area contributed by atoms with Gasteiger partial charge < -0.3 is 14.3 Å². The molecule has 0 radical (unpaired) electrons. The molecule has 2 heterocycles. The van der Waals surface area contributed by atoms with Gasteiger partial charge in [-0.1, -0.05) is 41.6 Å². The van der Waals surface area contributed by atoms with E-state index >= 15 is 0 Å². The molecule has 0 aliphatic heterocycles. The molecule has 1 aromatic carbocycles. The van der Waals surface area contributed by atoms with Gasteiger partial charge in [0.05, 0.1) is 17.1 Å². The Hall–Kier alpha value is -2.54. The molecule has 0 fully saturated rings. The lowest BCUT2D eigenvalue weighted by atomic mass is 10.1. The van der Waals surface area contributed by atoms with E-state index in [9.17, 15) is 4.79 Å². The minimum Gasteiger partial charge on any atom is -0.469 e. The van der Waals surface area contributed by atoms with Crippen LogP contribution in [0.25, 0.3) is 11.4 Å². The summed E-state index contributed by atoms with van der Waals surface area (Å²) in [7, 11) is 0. The van der Waals surface area contributed by atoms with Crippen LogP contribution in [0.15, 0.2) is 46.2 Å². The van der Waals surface area contributed by atoms with Crippen LogP contribution >= 0.6 is 11.8 Å². The number of aryl methyl sites for hydroxylation is 2. The van der Waals surface area contributed by atoms with Gasteiger partial charge in [0.15, 0.2) is 11.0 Å². The molecular formula is C20H24N4O2S. The van der Waals surface area contributed by atoms with Crippen LogP contribution in [0, 0.1) is 13.8 Å². The molecule has 3 rings (SSSR count). The molecule has 0 saturated heterocycles. The number of aromatic nitrogens is 3. The number of benzene rings is 1. The highest BCUT2D eigenvalue weighted by Gasteiger charge is 2.21. The first-order valence-corrected chi connectivity index (χ1v) is 9.85. The molecule has 1 atom stereocenters.